The van der Waals surface area contributed by atoms with Gasteiger partial charge in [0.05, 0.1) is 27.8 Å². The Kier molecular flexibility index (Phi) is 8.42. The molecule has 0 unspecified atom stereocenters. The number of hydrogen-bond acceptors (Lipinski definition) is 3. The minimum absolute atomic E-state index is 0.561. The number of benzene rings is 9. The van der Waals surface area contributed by atoms with Crippen molar-refractivity contribution in [3.63, 3.8) is 0 Å². The maximum absolute atomic E-state index is 5.30. The standard InChI is InChI=1S/C57H37N5/c1-5-19-38(20-6-1)43-34-33-42(37-49(43)39-21-7-2-8-22-39)44-27-13-16-30-50(44)61-51-31-17-14-28-45(51)47-35-36-48-46-29-15-18-32-52(46)62(54(48)53(47)61)57-59-55(40-23-9-3-10-24-40)58-56(60-57)41-25-11-4-12-26-41/h1-37H. The molecule has 0 aliphatic carbocycles. The van der Waals surface area contributed by atoms with Crippen molar-refractivity contribution in [1.29, 1.82) is 0 Å². The van der Waals surface area contributed by atoms with E-state index in [1.54, 1.807) is 0 Å². The van der Waals surface area contributed by atoms with Crippen molar-refractivity contribution < 1.29 is 0 Å². The van der Waals surface area contributed by atoms with Crippen molar-refractivity contribution in [3.05, 3.63) is 224 Å². The molecule has 0 amide bonds. The fraction of sp³-hybridized carbons (Fsp3) is 0. The van der Waals surface area contributed by atoms with E-state index >= 15 is 0 Å². The van der Waals surface area contributed by atoms with Gasteiger partial charge < -0.3 is 4.57 Å². The van der Waals surface area contributed by atoms with Crippen LogP contribution in [0.2, 0.25) is 0 Å². The number of nitrogens with zero attached hydrogens (tertiary/aromatic N) is 5. The first-order valence-electron chi connectivity index (χ1n) is 21.0. The van der Waals surface area contributed by atoms with Gasteiger partial charge in [0, 0.05) is 38.2 Å². The monoisotopic (exact) mass is 791 g/mol. The molecule has 3 aromatic heterocycles. The van der Waals surface area contributed by atoms with E-state index in [0.717, 1.165) is 66.2 Å². The topological polar surface area (TPSA) is 48.5 Å². The summed E-state index contributed by atoms with van der Waals surface area (Å²) in [6, 6.07) is 79.4. The van der Waals surface area contributed by atoms with E-state index in [9.17, 15) is 0 Å². The highest BCUT2D eigenvalue weighted by Gasteiger charge is 2.24. The average Bonchev–Trinajstić information content (AvgIpc) is 3.88. The second-order valence-electron chi connectivity index (χ2n) is 15.6. The molecule has 12 aromatic rings. The largest absolute Gasteiger partial charge is 0.307 e. The van der Waals surface area contributed by atoms with E-state index in [0.29, 0.717) is 17.6 Å². The summed E-state index contributed by atoms with van der Waals surface area (Å²) in [7, 11) is 0. The summed E-state index contributed by atoms with van der Waals surface area (Å²) in [5, 5.41) is 4.57. The van der Waals surface area contributed by atoms with Crippen LogP contribution in [0, 0.1) is 0 Å². The van der Waals surface area contributed by atoms with Crippen molar-refractivity contribution in [2.75, 3.05) is 0 Å². The van der Waals surface area contributed by atoms with E-state index in [1.807, 2.05) is 36.4 Å². The third kappa shape index (κ3) is 5.82. The lowest BCUT2D eigenvalue weighted by atomic mass is 9.90. The van der Waals surface area contributed by atoms with E-state index in [2.05, 4.69) is 197 Å². The highest BCUT2D eigenvalue weighted by molar-refractivity contribution is 6.24. The third-order valence-corrected chi connectivity index (χ3v) is 12.0. The molecule has 0 bridgehead atoms. The molecule has 0 aliphatic rings. The zero-order valence-corrected chi connectivity index (χ0v) is 33.6. The summed E-state index contributed by atoms with van der Waals surface area (Å²) < 4.78 is 4.72. The van der Waals surface area contributed by atoms with Gasteiger partial charge in [-0.1, -0.05) is 200 Å². The van der Waals surface area contributed by atoms with Crippen LogP contribution in [0.25, 0.3) is 111 Å². The van der Waals surface area contributed by atoms with Crippen molar-refractivity contribution >= 4 is 43.6 Å². The molecule has 3 heterocycles. The molecule has 0 atom stereocenters. The van der Waals surface area contributed by atoms with Crippen molar-refractivity contribution in [3.8, 4) is 67.8 Å². The van der Waals surface area contributed by atoms with E-state index in [4.69, 9.17) is 15.0 Å². The molecule has 0 fully saturated rings. The fourth-order valence-corrected chi connectivity index (χ4v) is 9.21. The van der Waals surface area contributed by atoms with Gasteiger partial charge in [0.15, 0.2) is 11.6 Å². The Bertz CT molecular complexity index is 3550. The Morgan fingerprint density at radius 2 is 0.726 bits per heavy atom. The van der Waals surface area contributed by atoms with Crippen molar-refractivity contribution in [2.45, 2.75) is 0 Å². The third-order valence-electron chi connectivity index (χ3n) is 12.0. The minimum atomic E-state index is 0.561. The smallest absolute Gasteiger partial charge is 0.238 e. The van der Waals surface area contributed by atoms with Gasteiger partial charge in [-0.15, -0.1) is 0 Å². The van der Waals surface area contributed by atoms with Gasteiger partial charge in [0.25, 0.3) is 0 Å². The zero-order chi connectivity index (χ0) is 41.0. The fourth-order valence-electron chi connectivity index (χ4n) is 9.21. The molecule has 62 heavy (non-hydrogen) atoms. The van der Waals surface area contributed by atoms with E-state index in [-0.39, 0.29) is 0 Å². The van der Waals surface area contributed by atoms with Crippen molar-refractivity contribution in [2.24, 2.45) is 0 Å². The highest BCUT2D eigenvalue weighted by Crippen LogP contribution is 2.44. The minimum Gasteiger partial charge on any atom is -0.307 e. The molecule has 0 saturated heterocycles. The Hall–Kier alpha value is -8.41. The summed E-state index contributed by atoms with van der Waals surface area (Å²) in [6.07, 6.45) is 0. The first kappa shape index (κ1) is 35.5. The van der Waals surface area contributed by atoms with Crippen LogP contribution in [0.4, 0.5) is 0 Å². The Morgan fingerprint density at radius 3 is 1.31 bits per heavy atom. The van der Waals surface area contributed by atoms with Crippen LogP contribution in [-0.2, 0) is 0 Å². The zero-order valence-electron chi connectivity index (χ0n) is 33.6. The normalized spacial score (nSPS) is 11.5. The van der Waals surface area contributed by atoms with Gasteiger partial charge in [-0.05, 0) is 52.1 Å². The van der Waals surface area contributed by atoms with Crippen LogP contribution in [0.3, 0.4) is 0 Å². The lowest BCUT2D eigenvalue weighted by molar-refractivity contribution is 0.953. The molecule has 5 heteroatoms. The summed E-state index contributed by atoms with van der Waals surface area (Å²) in [5.74, 6) is 1.80. The van der Waals surface area contributed by atoms with Crippen LogP contribution < -0.4 is 0 Å². The highest BCUT2D eigenvalue weighted by atomic mass is 15.2. The van der Waals surface area contributed by atoms with Gasteiger partial charge in [0.1, 0.15) is 0 Å². The predicted molar refractivity (Wildman–Crippen MR) is 256 cm³/mol. The van der Waals surface area contributed by atoms with Crippen LogP contribution in [-0.4, -0.2) is 24.1 Å². The molecule has 0 spiro atoms. The SMILES string of the molecule is c1ccc(-c2nc(-c3ccccc3)nc(-n3c4ccccc4c4ccc5c6ccccc6n(-c6ccccc6-c6ccc(-c7ccccc7)c(-c7ccccc7)c6)c5c43)n2)cc1. The van der Waals surface area contributed by atoms with Gasteiger partial charge >= 0.3 is 0 Å². The molecule has 290 valence electrons. The summed E-state index contributed by atoms with van der Waals surface area (Å²) in [6.45, 7) is 0. The maximum Gasteiger partial charge on any atom is 0.238 e. The number of fused-ring (bicyclic) bond motifs is 7. The number of hydrogen-bond donors (Lipinski definition) is 0. The van der Waals surface area contributed by atoms with Crippen LogP contribution in [0.1, 0.15) is 0 Å². The molecule has 0 radical (unpaired) electrons. The summed E-state index contributed by atoms with van der Waals surface area (Å²) >= 11 is 0. The van der Waals surface area contributed by atoms with Gasteiger partial charge in [-0.25, -0.2) is 4.98 Å². The average molecular weight is 792 g/mol. The second kappa shape index (κ2) is 14.7. The number of aromatic nitrogens is 5. The lowest BCUT2D eigenvalue weighted by Crippen LogP contribution is -2.07. The molecule has 0 N–H and O–H groups in total. The molecular weight excluding hydrogens is 755 g/mol. The van der Waals surface area contributed by atoms with Crippen LogP contribution in [0.5, 0.6) is 0 Å². The Balaban J connectivity index is 1.18. The molecule has 9 aromatic carbocycles. The Morgan fingerprint density at radius 1 is 0.274 bits per heavy atom. The predicted octanol–water partition coefficient (Wildman–Crippen LogP) is 14.4. The molecule has 5 nitrogen and oxygen atoms in total. The summed E-state index contributed by atoms with van der Waals surface area (Å²) in [4.78, 5) is 15.7. The summed E-state index contributed by atoms with van der Waals surface area (Å²) in [5.41, 5.74) is 14.2. The van der Waals surface area contributed by atoms with E-state index in [1.165, 1.54) is 27.6 Å². The quantitative estimate of drug-likeness (QED) is 0.162. The first-order chi connectivity index (χ1) is 30.8. The first-order valence-corrected chi connectivity index (χ1v) is 21.0. The maximum atomic E-state index is 5.30. The Labute approximate surface area is 358 Å². The van der Waals surface area contributed by atoms with E-state index < -0.39 is 0 Å². The number of rotatable bonds is 7. The van der Waals surface area contributed by atoms with Gasteiger partial charge in [-0.2, -0.15) is 9.97 Å². The number of para-hydroxylation sites is 3. The lowest BCUT2D eigenvalue weighted by Gasteiger charge is -2.18. The molecule has 0 aliphatic heterocycles. The van der Waals surface area contributed by atoms with Crippen LogP contribution in [0.15, 0.2) is 224 Å². The van der Waals surface area contributed by atoms with Gasteiger partial charge in [0.2, 0.25) is 5.95 Å². The second-order valence-corrected chi connectivity index (χ2v) is 15.6. The molecule has 0 saturated carbocycles. The van der Waals surface area contributed by atoms with Crippen molar-refractivity contribution in [1.82, 2.24) is 24.1 Å². The van der Waals surface area contributed by atoms with Crippen LogP contribution >= 0.6 is 0 Å². The van der Waals surface area contributed by atoms with Gasteiger partial charge in [-0.3, -0.25) is 4.57 Å². The molecular formula is C57H37N5. The molecule has 12 rings (SSSR count).